The maximum absolute atomic E-state index is 13.4. The van der Waals surface area contributed by atoms with E-state index in [1.165, 1.54) is 28.9 Å². The summed E-state index contributed by atoms with van der Waals surface area (Å²) in [4.78, 5) is 49.0. The lowest BCUT2D eigenvalue weighted by atomic mass is 10.00. The highest BCUT2D eigenvalue weighted by molar-refractivity contribution is 8.01. The molecule has 4 atom stereocenters. The Morgan fingerprint density at radius 2 is 1.97 bits per heavy atom. The Labute approximate surface area is 227 Å². The zero-order valence-corrected chi connectivity index (χ0v) is 21.4. The number of hydrogen-bond acceptors (Lipinski definition) is 9. The summed E-state index contributed by atoms with van der Waals surface area (Å²) in [5.74, 6) is 0.674. The minimum atomic E-state index is -0.605. The van der Waals surface area contributed by atoms with Gasteiger partial charge in [0.2, 0.25) is 17.7 Å². The number of nitrogens with zero attached hydrogens (tertiary/aromatic N) is 5. The van der Waals surface area contributed by atoms with E-state index < -0.39 is 17.3 Å². The first kappa shape index (κ1) is 24.8. The quantitative estimate of drug-likeness (QED) is 0.381. The van der Waals surface area contributed by atoms with Crippen LogP contribution < -0.4 is 25.6 Å². The van der Waals surface area contributed by atoms with Gasteiger partial charge < -0.3 is 20.7 Å². The van der Waals surface area contributed by atoms with Gasteiger partial charge in [-0.25, -0.2) is 19.7 Å². The summed E-state index contributed by atoms with van der Waals surface area (Å²) < 4.78 is 5.65. The van der Waals surface area contributed by atoms with Gasteiger partial charge in [0.05, 0.1) is 17.9 Å². The van der Waals surface area contributed by atoms with E-state index >= 15 is 0 Å². The first-order chi connectivity index (χ1) is 19.0. The molecule has 4 amide bonds. The summed E-state index contributed by atoms with van der Waals surface area (Å²) in [5.41, 5.74) is 1.38. The van der Waals surface area contributed by atoms with Crippen molar-refractivity contribution < 1.29 is 19.1 Å². The van der Waals surface area contributed by atoms with E-state index in [0.29, 0.717) is 28.2 Å². The molecular weight excluding hydrogens is 520 g/mol. The van der Waals surface area contributed by atoms with Crippen LogP contribution >= 0.6 is 11.8 Å². The molecule has 5 heterocycles. The number of aromatic nitrogens is 4. The van der Waals surface area contributed by atoms with E-state index in [1.54, 1.807) is 42.7 Å². The van der Waals surface area contributed by atoms with Crippen molar-refractivity contribution in [3.05, 3.63) is 67.1 Å². The summed E-state index contributed by atoms with van der Waals surface area (Å²) in [6.07, 6.45) is 8.32. The van der Waals surface area contributed by atoms with Crippen LogP contribution in [-0.2, 0) is 9.59 Å². The van der Waals surface area contributed by atoms with Crippen LogP contribution in [0, 0.1) is 0 Å². The number of thioether (sulfide) groups is 1. The predicted octanol–water partition coefficient (Wildman–Crippen LogP) is 2.78. The van der Waals surface area contributed by atoms with Crippen LogP contribution in [-0.4, -0.2) is 55.3 Å². The van der Waals surface area contributed by atoms with Crippen LogP contribution in [0.3, 0.4) is 0 Å². The maximum atomic E-state index is 13.4. The molecular formula is C26H24N8O4S. The molecule has 3 aliphatic rings. The lowest BCUT2D eigenvalue weighted by molar-refractivity contribution is -0.122. The molecule has 3 aromatic heterocycles. The van der Waals surface area contributed by atoms with Crippen LogP contribution in [0.1, 0.15) is 30.9 Å². The van der Waals surface area contributed by atoms with E-state index in [4.69, 9.17) is 4.74 Å². The third-order valence-electron chi connectivity index (χ3n) is 6.84. The second-order valence-corrected chi connectivity index (χ2v) is 10.4. The van der Waals surface area contributed by atoms with Crippen molar-refractivity contribution in [2.45, 2.75) is 47.7 Å². The lowest BCUT2D eigenvalue weighted by Gasteiger charge is -2.33. The van der Waals surface area contributed by atoms with Crippen LogP contribution in [0.25, 0.3) is 0 Å². The average Bonchev–Trinajstić information content (AvgIpc) is 3.54. The summed E-state index contributed by atoms with van der Waals surface area (Å²) in [6, 6.07) is 7.17. The van der Waals surface area contributed by atoms with Gasteiger partial charge in [-0.3, -0.25) is 9.59 Å². The van der Waals surface area contributed by atoms with Crippen molar-refractivity contribution in [2.75, 3.05) is 4.90 Å². The van der Waals surface area contributed by atoms with E-state index in [2.05, 4.69) is 42.7 Å². The summed E-state index contributed by atoms with van der Waals surface area (Å²) in [6.45, 7) is 3.50. The lowest BCUT2D eigenvalue weighted by Crippen LogP contribution is -2.53. The molecule has 2 aliphatic heterocycles. The zero-order valence-electron chi connectivity index (χ0n) is 20.6. The Bertz CT molecular complexity index is 1440. The van der Waals surface area contributed by atoms with Crippen molar-refractivity contribution in [1.82, 2.24) is 36.1 Å². The molecule has 2 unspecified atom stereocenters. The summed E-state index contributed by atoms with van der Waals surface area (Å²) in [7, 11) is 0. The molecule has 1 fully saturated rings. The molecule has 198 valence electrons. The SMILES string of the molecule is C=CC(=O)N[C@H]1CCC[C@H]1NC(=O)C1Sc2nccc3c2C1NC(=O)N3c1ccc(Oc2cccnn2)cn1. The maximum Gasteiger partial charge on any atom is 0.328 e. The number of rotatable bonds is 7. The highest BCUT2D eigenvalue weighted by Crippen LogP contribution is 2.50. The van der Waals surface area contributed by atoms with Crippen molar-refractivity contribution in [1.29, 1.82) is 0 Å². The fraction of sp³-hybridized carbons (Fsp3) is 0.269. The molecule has 0 bridgehead atoms. The van der Waals surface area contributed by atoms with Gasteiger partial charge in [0.1, 0.15) is 21.8 Å². The Morgan fingerprint density at radius 3 is 2.72 bits per heavy atom. The number of ether oxygens (including phenoxy) is 1. The summed E-state index contributed by atoms with van der Waals surface area (Å²) >= 11 is 1.32. The van der Waals surface area contributed by atoms with Crippen LogP contribution in [0.2, 0.25) is 0 Å². The molecule has 6 rings (SSSR count). The smallest absolute Gasteiger partial charge is 0.328 e. The standard InChI is InChI=1S/C26H24N8O4S/c1-2-19(35)30-15-5-3-6-16(15)31-24(36)23-22-21-17(10-12-27-25(21)39-23)34(26(37)32-22)18-9-8-14(13-28-18)38-20-7-4-11-29-33-20/h2,4,7-13,15-16,22-23H,1,3,5-6H2,(H,30,35)(H,31,36)(H,32,37)/t15-,16+,22?,23?/m0/s1. The Balaban J connectivity index is 1.21. The van der Waals surface area contributed by atoms with Crippen LogP contribution in [0.5, 0.6) is 11.6 Å². The van der Waals surface area contributed by atoms with Gasteiger partial charge in [-0.2, -0.15) is 5.10 Å². The fourth-order valence-corrected chi connectivity index (χ4v) is 6.33. The van der Waals surface area contributed by atoms with Crippen molar-refractivity contribution in [3.63, 3.8) is 0 Å². The number of anilines is 2. The fourth-order valence-electron chi connectivity index (χ4n) is 5.09. The summed E-state index contributed by atoms with van der Waals surface area (Å²) in [5, 5.41) is 16.7. The van der Waals surface area contributed by atoms with Crippen molar-refractivity contribution in [3.8, 4) is 11.6 Å². The Morgan fingerprint density at radius 1 is 1.13 bits per heavy atom. The highest BCUT2D eigenvalue weighted by Gasteiger charge is 2.47. The van der Waals surface area contributed by atoms with E-state index in [9.17, 15) is 14.4 Å². The first-order valence-corrected chi connectivity index (χ1v) is 13.3. The largest absolute Gasteiger partial charge is 0.436 e. The van der Waals surface area contributed by atoms with Crippen molar-refractivity contribution in [2.24, 2.45) is 0 Å². The molecule has 1 aliphatic carbocycles. The highest BCUT2D eigenvalue weighted by atomic mass is 32.2. The minimum absolute atomic E-state index is 0.162. The number of pyridine rings is 2. The number of urea groups is 1. The third kappa shape index (κ3) is 4.76. The van der Waals surface area contributed by atoms with Gasteiger partial charge in [-0.05, 0) is 49.6 Å². The number of nitrogens with one attached hydrogen (secondary N) is 3. The second-order valence-electron chi connectivity index (χ2n) is 9.23. The average molecular weight is 545 g/mol. The van der Waals surface area contributed by atoms with E-state index in [0.717, 1.165) is 24.8 Å². The first-order valence-electron chi connectivity index (χ1n) is 12.4. The van der Waals surface area contributed by atoms with Gasteiger partial charge in [-0.15, -0.1) is 5.10 Å². The van der Waals surface area contributed by atoms with Crippen LogP contribution in [0.15, 0.2) is 66.6 Å². The number of amides is 4. The Hall–Kier alpha value is -4.52. The molecule has 1 saturated carbocycles. The molecule has 39 heavy (non-hydrogen) atoms. The zero-order chi connectivity index (χ0) is 26.9. The number of hydrogen-bond donors (Lipinski definition) is 3. The molecule has 0 radical (unpaired) electrons. The predicted molar refractivity (Wildman–Crippen MR) is 142 cm³/mol. The van der Waals surface area contributed by atoms with Gasteiger partial charge in [-0.1, -0.05) is 18.3 Å². The van der Waals surface area contributed by atoms with Gasteiger partial charge in [0.15, 0.2) is 0 Å². The Kier molecular flexibility index (Phi) is 6.57. The molecule has 12 nitrogen and oxygen atoms in total. The minimum Gasteiger partial charge on any atom is -0.436 e. The van der Waals surface area contributed by atoms with Gasteiger partial charge in [0.25, 0.3) is 0 Å². The van der Waals surface area contributed by atoms with Gasteiger partial charge >= 0.3 is 6.03 Å². The molecule has 0 aromatic carbocycles. The van der Waals surface area contributed by atoms with E-state index in [1.807, 2.05) is 0 Å². The molecule has 0 spiro atoms. The van der Waals surface area contributed by atoms with E-state index in [-0.39, 0.29) is 23.9 Å². The topological polar surface area (TPSA) is 151 Å². The third-order valence-corrected chi connectivity index (χ3v) is 8.13. The second kappa shape index (κ2) is 10.3. The molecule has 3 N–H and O–H groups in total. The normalized spacial score (nSPS) is 23.0. The van der Waals surface area contributed by atoms with Gasteiger partial charge in [0, 0.05) is 36.1 Å². The number of carbonyl (C=O) groups excluding carboxylic acids is 3. The molecule has 3 aromatic rings. The molecule has 0 saturated heterocycles. The van der Waals surface area contributed by atoms with Crippen molar-refractivity contribution >= 4 is 41.1 Å². The van der Waals surface area contributed by atoms with Crippen LogP contribution in [0.4, 0.5) is 16.3 Å². The molecule has 13 heteroatoms. The monoisotopic (exact) mass is 544 g/mol. The number of carbonyl (C=O) groups is 3.